The van der Waals surface area contributed by atoms with Gasteiger partial charge in [-0.25, -0.2) is 8.42 Å². The van der Waals surface area contributed by atoms with E-state index < -0.39 is 9.84 Å². The zero-order valence-electron chi connectivity index (χ0n) is 10.4. The molecule has 0 radical (unpaired) electrons. The first-order valence-corrected chi connectivity index (χ1v) is 7.91. The van der Waals surface area contributed by atoms with E-state index in [0.29, 0.717) is 18.6 Å². The summed E-state index contributed by atoms with van der Waals surface area (Å²) < 4.78 is 28.2. The molecule has 1 saturated heterocycles. The largest absolute Gasteiger partial charge is 0.489 e. The van der Waals surface area contributed by atoms with Gasteiger partial charge in [0.15, 0.2) is 9.84 Å². The summed E-state index contributed by atoms with van der Waals surface area (Å²) >= 11 is 0. The topological polar surface area (TPSA) is 63.6 Å². The molecule has 2 atom stereocenters. The van der Waals surface area contributed by atoms with Gasteiger partial charge < -0.3 is 9.84 Å². The second-order valence-corrected chi connectivity index (χ2v) is 7.07. The number of aliphatic hydroxyl groups excluding tert-OH is 1. The molecule has 1 fully saturated rings. The minimum atomic E-state index is -2.90. The Morgan fingerprint density at radius 2 is 2.06 bits per heavy atom. The molecular weight excluding hydrogens is 252 g/mol. The van der Waals surface area contributed by atoms with Crippen LogP contribution >= 0.6 is 0 Å². The molecule has 2 unspecified atom stereocenters. The van der Waals surface area contributed by atoms with E-state index in [4.69, 9.17) is 4.74 Å². The van der Waals surface area contributed by atoms with Crippen LogP contribution in [0.4, 0.5) is 0 Å². The van der Waals surface area contributed by atoms with Crippen LogP contribution in [0.25, 0.3) is 0 Å². The number of benzene rings is 1. The highest BCUT2D eigenvalue weighted by atomic mass is 32.2. The Kier molecular flexibility index (Phi) is 3.92. The molecular formula is C13H18O4S. The van der Waals surface area contributed by atoms with E-state index in [9.17, 15) is 13.5 Å². The molecule has 0 aromatic heterocycles. The summed E-state index contributed by atoms with van der Waals surface area (Å²) in [6.07, 6.45) is 0.588. The molecule has 2 rings (SSSR count). The Bertz CT molecular complexity index is 490. The van der Waals surface area contributed by atoms with Crippen LogP contribution < -0.4 is 4.74 Å². The Balaban J connectivity index is 1.95. The fourth-order valence-corrected chi connectivity index (χ4v) is 3.68. The van der Waals surface area contributed by atoms with Crippen molar-refractivity contribution in [1.82, 2.24) is 0 Å². The van der Waals surface area contributed by atoms with E-state index in [1.165, 1.54) is 0 Å². The molecule has 1 aromatic rings. The van der Waals surface area contributed by atoms with Crippen LogP contribution in [0.15, 0.2) is 24.3 Å². The molecule has 1 N–H and O–H groups in total. The van der Waals surface area contributed by atoms with Crippen molar-refractivity contribution >= 4 is 9.84 Å². The maximum Gasteiger partial charge on any atom is 0.154 e. The summed E-state index contributed by atoms with van der Waals surface area (Å²) in [7, 11) is -2.90. The Labute approximate surface area is 108 Å². The first-order valence-electron chi connectivity index (χ1n) is 6.09. The summed E-state index contributed by atoms with van der Waals surface area (Å²) in [5, 5.41) is 9.26. The summed E-state index contributed by atoms with van der Waals surface area (Å²) in [5.74, 6) is 1.02. The van der Waals surface area contributed by atoms with Gasteiger partial charge >= 0.3 is 0 Å². The second-order valence-electron chi connectivity index (χ2n) is 4.84. The van der Waals surface area contributed by atoms with E-state index in [0.717, 1.165) is 5.56 Å². The second kappa shape index (κ2) is 5.28. The molecule has 100 valence electrons. The fraction of sp³-hybridized carbons (Fsp3) is 0.538. The maximum atomic E-state index is 11.3. The summed E-state index contributed by atoms with van der Waals surface area (Å²) in [6, 6.07) is 7.43. The predicted molar refractivity (Wildman–Crippen MR) is 69.5 cm³/mol. The number of ether oxygens (including phenoxy) is 1. The molecule has 4 nitrogen and oxygen atoms in total. The van der Waals surface area contributed by atoms with Crippen LogP contribution in [0, 0.1) is 0 Å². The lowest BCUT2D eigenvalue weighted by atomic mass is 10.1. The minimum Gasteiger partial charge on any atom is -0.489 e. The predicted octanol–water partition coefficient (Wildman–Crippen LogP) is 1.18. The highest BCUT2D eigenvalue weighted by molar-refractivity contribution is 7.91. The monoisotopic (exact) mass is 270 g/mol. The molecule has 0 bridgehead atoms. The third-order valence-corrected chi connectivity index (χ3v) is 4.69. The van der Waals surface area contributed by atoms with Crippen molar-refractivity contribution in [2.45, 2.75) is 32.0 Å². The normalized spacial score (nSPS) is 23.8. The third-order valence-electron chi connectivity index (χ3n) is 2.95. The van der Waals surface area contributed by atoms with Gasteiger partial charge in [-0.1, -0.05) is 12.1 Å². The Morgan fingerprint density at radius 3 is 2.56 bits per heavy atom. The van der Waals surface area contributed by atoms with Gasteiger partial charge in [-0.3, -0.25) is 0 Å². The van der Waals surface area contributed by atoms with Crippen molar-refractivity contribution in [2.75, 3.05) is 11.5 Å². The van der Waals surface area contributed by atoms with Crippen molar-refractivity contribution in [3.8, 4) is 5.75 Å². The maximum absolute atomic E-state index is 11.3. The Morgan fingerprint density at radius 1 is 1.39 bits per heavy atom. The lowest BCUT2D eigenvalue weighted by molar-refractivity contribution is 0.195. The fourth-order valence-electron chi connectivity index (χ4n) is 2.09. The van der Waals surface area contributed by atoms with E-state index in [2.05, 4.69) is 0 Å². The molecule has 1 aromatic carbocycles. The lowest BCUT2D eigenvalue weighted by Gasteiger charge is -2.12. The molecule has 5 heteroatoms. The number of hydrogen-bond donors (Lipinski definition) is 1. The van der Waals surface area contributed by atoms with Crippen LogP contribution in [0.1, 0.15) is 18.9 Å². The van der Waals surface area contributed by atoms with Crippen LogP contribution in [-0.4, -0.2) is 37.2 Å². The first kappa shape index (κ1) is 13.4. The van der Waals surface area contributed by atoms with Gasteiger partial charge in [-0.05, 0) is 37.5 Å². The molecule has 1 heterocycles. The van der Waals surface area contributed by atoms with Crippen molar-refractivity contribution in [3.63, 3.8) is 0 Å². The number of sulfone groups is 1. The smallest absolute Gasteiger partial charge is 0.154 e. The van der Waals surface area contributed by atoms with Crippen molar-refractivity contribution in [1.29, 1.82) is 0 Å². The zero-order chi connectivity index (χ0) is 13.2. The van der Waals surface area contributed by atoms with Gasteiger partial charge in [-0.2, -0.15) is 0 Å². The quantitative estimate of drug-likeness (QED) is 0.892. The molecule has 0 spiro atoms. The summed E-state index contributed by atoms with van der Waals surface area (Å²) in [5.41, 5.74) is 1.04. The standard InChI is InChI=1S/C13H18O4S/c1-10(14)8-11-2-4-12(5-3-11)17-13-6-7-18(15,16)9-13/h2-5,10,13-14H,6-9H2,1H3. The van der Waals surface area contributed by atoms with E-state index in [-0.39, 0.29) is 23.7 Å². The molecule has 1 aliphatic heterocycles. The van der Waals surface area contributed by atoms with Gasteiger partial charge in [0.1, 0.15) is 11.9 Å². The molecule has 0 aliphatic carbocycles. The van der Waals surface area contributed by atoms with Gasteiger partial charge in [0.05, 0.1) is 17.6 Å². The first-order chi connectivity index (χ1) is 8.44. The van der Waals surface area contributed by atoms with Crippen molar-refractivity contribution in [2.24, 2.45) is 0 Å². The van der Waals surface area contributed by atoms with Gasteiger partial charge in [0, 0.05) is 0 Å². The van der Waals surface area contributed by atoms with Crippen LogP contribution in [-0.2, 0) is 16.3 Å². The SMILES string of the molecule is CC(O)Cc1ccc(OC2CCS(=O)(=O)C2)cc1. The summed E-state index contributed by atoms with van der Waals surface area (Å²) in [4.78, 5) is 0. The average molecular weight is 270 g/mol. The van der Waals surface area contributed by atoms with Gasteiger partial charge in [-0.15, -0.1) is 0 Å². The lowest BCUT2D eigenvalue weighted by Crippen LogP contribution is -2.17. The van der Waals surface area contributed by atoms with E-state index in [1.54, 1.807) is 6.92 Å². The Hall–Kier alpha value is -1.07. The third kappa shape index (κ3) is 3.71. The van der Waals surface area contributed by atoms with Gasteiger partial charge in [0.25, 0.3) is 0 Å². The number of hydrogen-bond acceptors (Lipinski definition) is 4. The van der Waals surface area contributed by atoms with Crippen LogP contribution in [0.2, 0.25) is 0 Å². The minimum absolute atomic E-state index is 0.114. The molecule has 0 amide bonds. The molecule has 1 aliphatic rings. The van der Waals surface area contributed by atoms with E-state index in [1.807, 2.05) is 24.3 Å². The summed E-state index contributed by atoms with van der Waals surface area (Å²) in [6.45, 7) is 1.74. The highest BCUT2D eigenvalue weighted by Crippen LogP contribution is 2.20. The van der Waals surface area contributed by atoms with Crippen LogP contribution in [0.3, 0.4) is 0 Å². The van der Waals surface area contributed by atoms with Crippen LogP contribution in [0.5, 0.6) is 5.75 Å². The average Bonchev–Trinajstić information content (AvgIpc) is 2.60. The molecule has 18 heavy (non-hydrogen) atoms. The van der Waals surface area contributed by atoms with Crippen molar-refractivity contribution < 1.29 is 18.3 Å². The van der Waals surface area contributed by atoms with Gasteiger partial charge in [0.2, 0.25) is 0 Å². The van der Waals surface area contributed by atoms with E-state index >= 15 is 0 Å². The zero-order valence-corrected chi connectivity index (χ0v) is 11.2. The van der Waals surface area contributed by atoms with Crippen molar-refractivity contribution in [3.05, 3.63) is 29.8 Å². The highest BCUT2D eigenvalue weighted by Gasteiger charge is 2.29. The molecule has 0 saturated carbocycles. The number of aliphatic hydroxyl groups is 1. The number of rotatable bonds is 4.